The van der Waals surface area contributed by atoms with Crippen molar-refractivity contribution in [2.45, 2.75) is 39.1 Å². The highest BCUT2D eigenvalue weighted by molar-refractivity contribution is 6.63. The summed E-state index contributed by atoms with van der Waals surface area (Å²) in [4.78, 5) is 4.69. The van der Waals surface area contributed by atoms with Crippen molar-refractivity contribution >= 4 is 57.4 Å². The van der Waals surface area contributed by atoms with Crippen LogP contribution in [0, 0.1) is 0 Å². The van der Waals surface area contributed by atoms with Gasteiger partial charge in [-0.1, -0.05) is 127 Å². The fourth-order valence-electron chi connectivity index (χ4n) is 7.71. The molecule has 0 radical (unpaired) electrons. The Kier molecular flexibility index (Phi) is 12.3. The van der Waals surface area contributed by atoms with Gasteiger partial charge in [-0.3, -0.25) is 9.80 Å². The SMILES string of the molecule is NCc1ccc(CN(CCCOCCN(Cc2ccccc2B(O)O)Cc2ccc3ccc4cccc5ccc2c3c45)Cc2ccccc2B(N)O)cc1. The van der Waals surface area contributed by atoms with Crippen molar-refractivity contribution in [3.8, 4) is 0 Å². The van der Waals surface area contributed by atoms with Gasteiger partial charge in [-0.05, 0) is 77.5 Å². The van der Waals surface area contributed by atoms with Crippen LogP contribution in [0.2, 0.25) is 0 Å². The van der Waals surface area contributed by atoms with Crippen molar-refractivity contribution in [2.75, 3.05) is 26.3 Å². The van der Waals surface area contributed by atoms with E-state index in [2.05, 4.69) is 88.7 Å². The van der Waals surface area contributed by atoms with Crippen molar-refractivity contribution in [2.24, 2.45) is 11.4 Å². The fraction of sp³-hybridized carbons (Fsp3) is 0.227. The number of nitrogens with zero attached hydrogens (tertiary/aromatic N) is 2. The molecule has 8 nitrogen and oxygen atoms in total. The lowest BCUT2D eigenvalue weighted by atomic mass is 9.73. The number of rotatable bonds is 18. The van der Waals surface area contributed by atoms with E-state index < -0.39 is 14.2 Å². The minimum atomic E-state index is -1.55. The van der Waals surface area contributed by atoms with Gasteiger partial charge in [0.1, 0.15) is 0 Å². The van der Waals surface area contributed by atoms with E-state index in [4.69, 9.17) is 16.1 Å². The van der Waals surface area contributed by atoms with Crippen molar-refractivity contribution in [1.29, 1.82) is 0 Å². The van der Waals surface area contributed by atoms with Crippen LogP contribution >= 0.6 is 0 Å². The third-order valence-corrected chi connectivity index (χ3v) is 10.5. The van der Waals surface area contributed by atoms with Crippen molar-refractivity contribution < 1.29 is 19.8 Å². The zero-order valence-corrected chi connectivity index (χ0v) is 30.6. The molecule has 7 rings (SSSR count). The largest absolute Gasteiger partial charge is 0.488 e. The molecule has 0 atom stereocenters. The molecule has 0 heterocycles. The topological polar surface area (TPSA) is 128 Å². The molecule has 0 aliphatic carbocycles. The second-order valence-corrected chi connectivity index (χ2v) is 14.2. The molecular formula is C44H48B2N4O4. The molecule has 0 aliphatic heterocycles. The molecule has 0 amide bonds. The Morgan fingerprint density at radius 3 is 1.78 bits per heavy atom. The van der Waals surface area contributed by atoms with Crippen LogP contribution in [0.1, 0.15) is 34.2 Å². The summed E-state index contributed by atoms with van der Waals surface area (Å²) in [5.74, 6) is 0. The zero-order valence-electron chi connectivity index (χ0n) is 30.6. The van der Waals surface area contributed by atoms with Crippen LogP contribution in [0.3, 0.4) is 0 Å². The molecule has 0 aliphatic rings. The maximum atomic E-state index is 10.2. The van der Waals surface area contributed by atoms with E-state index in [1.807, 2.05) is 42.5 Å². The molecule has 54 heavy (non-hydrogen) atoms. The smallest absolute Gasteiger partial charge is 0.434 e. The number of benzene rings is 7. The van der Waals surface area contributed by atoms with Crippen molar-refractivity contribution in [3.05, 3.63) is 155 Å². The van der Waals surface area contributed by atoms with Gasteiger partial charge < -0.3 is 31.2 Å². The van der Waals surface area contributed by atoms with Gasteiger partial charge in [-0.2, -0.15) is 0 Å². The van der Waals surface area contributed by atoms with Gasteiger partial charge in [0.2, 0.25) is 0 Å². The standard InChI is InChI=1S/C44H48B2N4O4/c47-27-32-13-15-33(16-14-32)28-49(30-38-7-1-3-11-41(38)45(48)51)23-6-25-54-26-24-50(31-39-8-2-4-12-42(39)46(52)53)29-37-20-19-36-18-17-34-9-5-10-35-21-22-40(37)44(36)43(34)35/h1-5,7-22,51-53H,6,23-31,47-48H2. The highest BCUT2D eigenvalue weighted by Gasteiger charge is 2.20. The van der Waals surface area contributed by atoms with E-state index in [-0.39, 0.29) is 0 Å². The maximum Gasteiger partial charge on any atom is 0.488 e. The Morgan fingerprint density at radius 2 is 1.09 bits per heavy atom. The third-order valence-electron chi connectivity index (χ3n) is 10.5. The van der Waals surface area contributed by atoms with E-state index in [9.17, 15) is 15.1 Å². The number of hydrogen-bond donors (Lipinski definition) is 5. The van der Waals surface area contributed by atoms with Gasteiger partial charge in [0, 0.05) is 52.4 Å². The maximum absolute atomic E-state index is 10.2. The fourth-order valence-corrected chi connectivity index (χ4v) is 7.71. The van der Waals surface area contributed by atoms with Crippen LogP contribution in [0.5, 0.6) is 0 Å². The Labute approximate surface area is 318 Å². The summed E-state index contributed by atoms with van der Waals surface area (Å²) in [6.45, 7) is 5.68. The van der Waals surface area contributed by atoms with Crippen molar-refractivity contribution in [1.82, 2.24) is 9.80 Å². The van der Waals surface area contributed by atoms with Gasteiger partial charge in [0.15, 0.2) is 0 Å². The summed E-state index contributed by atoms with van der Waals surface area (Å²) < 4.78 is 6.30. The van der Waals surface area contributed by atoms with Crippen LogP contribution in [0.4, 0.5) is 0 Å². The molecule has 0 fully saturated rings. The predicted octanol–water partition coefficient (Wildman–Crippen LogP) is 4.48. The first kappa shape index (κ1) is 37.7. The van der Waals surface area contributed by atoms with E-state index >= 15 is 0 Å². The molecule has 0 spiro atoms. The molecule has 7 aromatic carbocycles. The van der Waals surface area contributed by atoms with Gasteiger partial charge in [0.25, 0.3) is 0 Å². The molecule has 0 saturated heterocycles. The van der Waals surface area contributed by atoms with E-state index in [1.165, 1.54) is 43.4 Å². The number of nitrogens with two attached hydrogens (primary N) is 2. The molecule has 0 unspecified atom stereocenters. The predicted molar refractivity (Wildman–Crippen MR) is 223 cm³/mol. The van der Waals surface area contributed by atoms with Crippen LogP contribution in [0.25, 0.3) is 32.3 Å². The van der Waals surface area contributed by atoms with Crippen LogP contribution in [-0.4, -0.2) is 65.3 Å². The zero-order chi connectivity index (χ0) is 37.4. The van der Waals surface area contributed by atoms with Gasteiger partial charge >= 0.3 is 14.2 Å². The van der Waals surface area contributed by atoms with E-state index in [1.54, 1.807) is 6.07 Å². The van der Waals surface area contributed by atoms with Crippen LogP contribution in [0.15, 0.2) is 127 Å². The van der Waals surface area contributed by atoms with Gasteiger partial charge in [0.05, 0.1) is 6.61 Å². The second kappa shape index (κ2) is 17.7. The quantitative estimate of drug-likeness (QED) is 0.0500. The minimum absolute atomic E-state index is 0.509. The van der Waals surface area contributed by atoms with E-state index in [0.717, 1.165) is 41.7 Å². The van der Waals surface area contributed by atoms with E-state index in [0.29, 0.717) is 51.4 Å². The summed E-state index contributed by atoms with van der Waals surface area (Å²) >= 11 is 0. The van der Waals surface area contributed by atoms with Gasteiger partial charge in [-0.25, -0.2) is 0 Å². The lowest BCUT2D eigenvalue weighted by Crippen LogP contribution is -2.43. The monoisotopic (exact) mass is 718 g/mol. The van der Waals surface area contributed by atoms with Crippen LogP contribution in [-0.2, 0) is 37.5 Å². The molecule has 0 saturated carbocycles. The second-order valence-electron chi connectivity index (χ2n) is 14.2. The third kappa shape index (κ3) is 8.84. The summed E-state index contributed by atoms with van der Waals surface area (Å²) in [5.41, 5.74) is 18.4. The molecule has 7 aromatic rings. The highest BCUT2D eigenvalue weighted by Crippen LogP contribution is 2.36. The molecule has 0 aromatic heterocycles. The van der Waals surface area contributed by atoms with Crippen molar-refractivity contribution in [3.63, 3.8) is 0 Å². The summed E-state index contributed by atoms with van der Waals surface area (Å²) in [5, 5.41) is 38.1. The molecule has 10 heteroatoms. The normalized spacial score (nSPS) is 11.8. The Hall–Kier alpha value is -4.61. The lowest BCUT2D eigenvalue weighted by molar-refractivity contribution is 0.0893. The van der Waals surface area contributed by atoms with Gasteiger partial charge in [-0.15, -0.1) is 0 Å². The number of ether oxygens (including phenoxy) is 1. The minimum Gasteiger partial charge on any atom is -0.434 e. The average molecular weight is 719 g/mol. The molecule has 7 N–H and O–H groups in total. The summed E-state index contributed by atoms with van der Waals surface area (Å²) in [6, 6.07) is 43.5. The average Bonchev–Trinajstić information content (AvgIpc) is 3.19. The first-order valence-electron chi connectivity index (χ1n) is 18.8. The number of hydrogen-bond acceptors (Lipinski definition) is 8. The Bertz CT molecular complexity index is 2270. The molecule has 274 valence electrons. The summed E-state index contributed by atoms with van der Waals surface area (Å²) in [6.07, 6.45) is 0.822. The molecule has 0 bridgehead atoms. The summed E-state index contributed by atoms with van der Waals surface area (Å²) in [7, 11) is -2.58. The Balaban J connectivity index is 1.04. The highest BCUT2D eigenvalue weighted by atomic mass is 16.5. The lowest BCUT2D eigenvalue weighted by Gasteiger charge is -2.26. The first-order chi connectivity index (χ1) is 26.4. The Morgan fingerprint density at radius 1 is 0.519 bits per heavy atom. The van der Waals surface area contributed by atoms with Crippen LogP contribution < -0.4 is 22.3 Å². The first-order valence-corrected chi connectivity index (χ1v) is 18.8. The molecular weight excluding hydrogens is 670 g/mol.